The van der Waals surface area contributed by atoms with Crippen molar-refractivity contribution in [2.45, 2.75) is 13.5 Å². The summed E-state index contributed by atoms with van der Waals surface area (Å²) >= 11 is 0. The van der Waals surface area contributed by atoms with Gasteiger partial charge < -0.3 is 4.57 Å². The van der Waals surface area contributed by atoms with Gasteiger partial charge in [-0.3, -0.25) is 4.68 Å². The Morgan fingerprint density at radius 1 is 1.24 bits per heavy atom. The summed E-state index contributed by atoms with van der Waals surface area (Å²) in [6.45, 7) is 2.89. The van der Waals surface area contributed by atoms with Crippen LogP contribution in [0.15, 0.2) is 36.5 Å². The zero-order valence-corrected chi connectivity index (χ0v) is 9.96. The highest BCUT2D eigenvalue weighted by molar-refractivity contribution is 5.81. The van der Waals surface area contributed by atoms with Crippen LogP contribution >= 0.6 is 0 Å². The summed E-state index contributed by atoms with van der Waals surface area (Å²) in [5, 5.41) is 9.36. The number of benzene rings is 1. The van der Waals surface area contributed by atoms with Crippen molar-refractivity contribution in [3.63, 3.8) is 0 Å². The molecule has 0 saturated carbocycles. The Bertz CT molecular complexity index is 663. The molecule has 4 nitrogen and oxygen atoms in total. The smallest absolute Gasteiger partial charge is 0.102 e. The minimum Gasteiger partial charge on any atom is -0.339 e. The van der Waals surface area contributed by atoms with Gasteiger partial charge in [0.2, 0.25) is 0 Å². The van der Waals surface area contributed by atoms with E-state index in [-0.39, 0.29) is 0 Å². The Balaban J connectivity index is 2.08. The number of aromatic nitrogens is 4. The molecule has 0 aliphatic heterocycles. The lowest BCUT2D eigenvalue weighted by Crippen LogP contribution is -2.01. The lowest BCUT2D eigenvalue weighted by Gasteiger charge is -2.05. The maximum atomic E-state index is 4.13. The van der Waals surface area contributed by atoms with E-state index in [0.29, 0.717) is 0 Å². The summed E-state index contributed by atoms with van der Waals surface area (Å²) < 4.78 is 4.00. The first-order valence-corrected chi connectivity index (χ1v) is 5.64. The number of fused-ring (bicyclic) bond motifs is 1. The molecule has 3 rings (SSSR count). The molecule has 0 atom stereocenters. The molecular weight excluding hydrogens is 212 g/mol. The third kappa shape index (κ3) is 1.71. The lowest BCUT2D eigenvalue weighted by molar-refractivity contribution is 0.710. The highest BCUT2D eigenvalue weighted by Crippen LogP contribution is 2.19. The summed E-state index contributed by atoms with van der Waals surface area (Å²) in [7, 11) is 1.89. The molecule has 0 fully saturated rings. The van der Waals surface area contributed by atoms with E-state index in [4.69, 9.17) is 0 Å². The van der Waals surface area contributed by atoms with Gasteiger partial charge in [-0.15, -0.1) is 5.10 Å². The van der Waals surface area contributed by atoms with Crippen molar-refractivity contribution in [3.05, 3.63) is 47.9 Å². The zero-order chi connectivity index (χ0) is 11.8. The molecule has 0 N–H and O–H groups in total. The van der Waals surface area contributed by atoms with E-state index < -0.39 is 0 Å². The van der Waals surface area contributed by atoms with Crippen LogP contribution < -0.4 is 0 Å². The van der Waals surface area contributed by atoms with Crippen molar-refractivity contribution < 1.29 is 0 Å². The average molecular weight is 226 g/mol. The SMILES string of the molecule is Cc1cc2ccccc2n1Cc1cn(C)nn1. The van der Waals surface area contributed by atoms with E-state index in [1.807, 2.05) is 13.2 Å². The van der Waals surface area contributed by atoms with Gasteiger partial charge in [0, 0.05) is 24.5 Å². The van der Waals surface area contributed by atoms with Crippen molar-refractivity contribution in [1.29, 1.82) is 0 Å². The second-order valence-electron chi connectivity index (χ2n) is 4.31. The topological polar surface area (TPSA) is 35.6 Å². The fourth-order valence-corrected chi connectivity index (χ4v) is 2.19. The Labute approximate surface area is 99.5 Å². The number of para-hydroxylation sites is 1. The molecule has 0 unspecified atom stereocenters. The Hall–Kier alpha value is -2.10. The molecule has 3 aromatic rings. The van der Waals surface area contributed by atoms with Crippen LogP contribution in [0.25, 0.3) is 10.9 Å². The quantitative estimate of drug-likeness (QED) is 0.671. The molecule has 0 saturated heterocycles. The molecule has 0 amide bonds. The van der Waals surface area contributed by atoms with Crippen LogP contribution in [0, 0.1) is 6.92 Å². The summed E-state index contributed by atoms with van der Waals surface area (Å²) in [6, 6.07) is 10.6. The number of nitrogens with zero attached hydrogens (tertiary/aromatic N) is 4. The van der Waals surface area contributed by atoms with Crippen molar-refractivity contribution in [1.82, 2.24) is 19.6 Å². The summed E-state index contributed by atoms with van der Waals surface area (Å²) in [5.41, 5.74) is 3.48. The Morgan fingerprint density at radius 3 is 2.82 bits per heavy atom. The van der Waals surface area contributed by atoms with Gasteiger partial charge in [-0.1, -0.05) is 23.4 Å². The van der Waals surface area contributed by atoms with Gasteiger partial charge in [-0.2, -0.15) is 0 Å². The van der Waals surface area contributed by atoms with Gasteiger partial charge in [0.05, 0.1) is 6.54 Å². The first-order chi connectivity index (χ1) is 8.24. The second-order valence-corrected chi connectivity index (χ2v) is 4.31. The minimum atomic E-state index is 0.771. The van der Waals surface area contributed by atoms with Crippen molar-refractivity contribution in [2.24, 2.45) is 7.05 Å². The van der Waals surface area contributed by atoms with Gasteiger partial charge in [-0.25, -0.2) is 0 Å². The Morgan fingerprint density at radius 2 is 2.06 bits per heavy atom. The summed E-state index contributed by atoms with van der Waals surface area (Å²) in [4.78, 5) is 0. The molecule has 1 aromatic carbocycles. The first-order valence-electron chi connectivity index (χ1n) is 5.64. The van der Waals surface area contributed by atoms with E-state index in [0.717, 1.165) is 12.2 Å². The average Bonchev–Trinajstić information content (AvgIpc) is 2.85. The first kappa shape index (κ1) is 10.1. The minimum absolute atomic E-state index is 0.771. The molecule has 2 aromatic heterocycles. The predicted octanol–water partition coefficient (Wildman–Crippen LogP) is 2.13. The van der Waals surface area contributed by atoms with Crippen LogP contribution in [-0.2, 0) is 13.6 Å². The van der Waals surface area contributed by atoms with Crippen molar-refractivity contribution >= 4 is 10.9 Å². The van der Waals surface area contributed by atoms with Crippen molar-refractivity contribution in [2.75, 3.05) is 0 Å². The molecule has 0 bridgehead atoms. The number of hydrogen-bond acceptors (Lipinski definition) is 2. The van der Waals surface area contributed by atoms with Crippen LogP contribution in [0.1, 0.15) is 11.4 Å². The molecule has 0 aliphatic rings. The molecule has 0 radical (unpaired) electrons. The number of rotatable bonds is 2. The summed E-state index contributed by atoms with van der Waals surface area (Å²) in [6.07, 6.45) is 1.95. The lowest BCUT2D eigenvalue weighted by atomic mass is 10.2. The molecule has 0 spiro atoms. The fraction of sp³-hybridized carbons (Fsp3) is 0.231. The maximum Gasteiger partial charge on any atom is 0.102 e. The molecule has 17 heavy (non-hydrogen) atoms. The van der Waals surface area contributed by atoms with Gasteiger partial charge in [-0.05, 0) is 24.4 Å². The largest absolute Gasteiger partial charge is 0.339 e. The van der Waals surface area contributed by atoms with E-state index in [1.54, 1.807) is 4.68 Å². The third-order valence-corrected chi connectivity index (χ3v) is 2.99. The molecule has 86 valence electrons. The number of aryl methyl sites for hydroxylation is 2. The fourth-order valence-electron chi connectivity index (χ4n) is 2.19. The summed E-state index contributed by atoms with van der Waals surface area (Å²) in [5.74, 6) is 0. The van der Waals surface area contributed by atoms with E-state index in [1.165, 1.54) is 16.6 Å². The molecule has 0 aliphatic carbocycles. The van der Waals surface area contributed by atoms with Crippen LogP contribution in [0.2, 0.25) is 0 Å². The monoisotopic (exact) mass is 226 g/mol. The van der Waals surface area contributed by atoms with Crippen molar-refractivity contribution in [3.8, 4) is 0 Å². The van der Waals surface area contributed by atoms with Crippen LogP contribution in [0.5, 0.6) is 0 Å². The second kappa shape index (κ2) is 3.73. The number of hydrogen-bond donors (Lipinski definition) is 0. The standard InChI is InChI=1S/C13H14N4/c1-10-7-11-5-3-4-6-13(11)17(10)9-12-8-16(2)15-14-12/h3-8H,9H2,1-2H3. The van der Waals surface area contributed by atoms with Gasteiger partial charge in [0.15, 0.2) is 0 Å². The van der Waals surface area contributed by atoms with E-state index >= 15 is 0 Å². The van der Waals surface area contributed by atoms with Crippen LogP contribution in [0.4, 0.5) is 0 Å². The maximum absolute atomic E-state index is 4.13. The predicted molar refractivity (Wildman–Crippen MR) is 66.8 cm³/mol. The van der Waals surface area contributed by atoms with E-state index in [9.17, 15) is 0 Å². The third-order valence-electron chi connectivity index (χ3n) is 2.99. The molecule has 4 heteroatoms. The zero-order valence-electron chi connectivity index (χ0n) is 9.96. The highest BCUT2D eigenvalue weighted by atomic mass is 15.4. The van der Waals surface area contributed by atoms with E-state index in [2.05, 4.69) is 52.1 Å². The normalized spacial score (nSPS) is 11.2. The van der Waals surface area contributed by atoms with Gasteiger partial charge in [0.25, 0.3) is 0 Å². The molecule has 2 heterocycles. The van der Waals surface area contributed by atoms with Crippen LogP contribution in [-0.4, -0.2) is 19.6 Å². The van der Waals surface area contributed by atoms with Gasteiger partial charge in [0.1, 0.15) is 5.69 Å². The Kier molecular flexibility index (Phi) is 2.21. The van der Waals surface area contributed by atoms with Crippen LogP contribution in [0.3, 0.4) is 0 Å². The van der Waals surface area contributed by atoms with Gasteiger partial charge >= 0.3 is 0 Å². The molecular formula is C13H14N4. The highest BCUT2D eigenvalue weighted by Gasteiger charge is 2.07.